The predicted octanol–water partition coefficient (Wildman–Crippen LogP) is 2.40. The maximum Gasteiger partial charge on any atom is 0.306 e. The standard InChI is InChI=1S/C26H39N3O5/c1-3-34-24(31)13-12-23(30)28-16-18-29(19-17-28)25(21-9-4-5-10-21)26(32)27-15-14-20-8-6-7-11-22(20)33-2/h6-8,11,21,25H,3-5,9-10,12-19H2,1-2H3,(H,27,32). The lowest BCUT2D eigenvalue weighted by atomic mass is 9.95. The van der Waals surface area contributed by atoms with Crippen LogP contribution in [-0.2, 0) is 25.5 Å². The highest BCUT2D eigenvalue weighted by Crippen LogP contribution is 2.31. The van der Waals surface area contributed by atoms with Crippen molar-refractivity contribution < 1.29 is 23.9 Å². The summed E-state index contributed by atoms with van der Waals surface area (Å²) in [6.07, 6.45) is 5.49. The molecule has 8 heteroatoms. The van der Waals surface area contributed by atoms with Gasteiger partial charge in [-0.2, -0.15) is 0 Å². The fraction of sp³-hybridized carbons (Fsp3) is 0.654. The quantitative estimate of drug-likeness (QED) is 0.497. The Bertz CT molecular complexity index is 816. The van der Waals surface area contributed by atoms with Gasteiger partial charge in [0.25, 0.3) is 0 Å². The number of nitrogens with zero attached hydrogens (tertiary/aromatic N) is 2. The Labute approximate surface area is 202 Å². The zero-order chi connectivity index (χ0) is 24.3. The molecule has 0 spiro atoms. The normalized spacial score (nSPS) is 17.9. The molecule has 1 saturated carbocycles. The number of piperazine rings is 1. The Morgan fingerprint density at radius 1 is 1.06 bits per heavy atom. The summed E-state index contributed by atoms with van der Waals surface area (Å²) in [5, 5.41) is 3.17. The molecule has 1 aliphatic carbocycles. The molecule has 2 amide bonds. The third-order valence-electron chi connectivity index (χ3n) is 6.91. The highest BCUT2D eigenvalue weighted by Gasteiger charge is 2.37. The van der Waals surface area contributed by atoms with Crippen LogP contribution in [0.5, 0.6) is 5.75 Å². The lowest BCUT2D eigenvalue weighted by Gasteiger charge is -2.40. The molecule has 1 saturated heterocycles. The molecule has 1 N–H and O–H groups in total. The minimum Gasteiger partial charge on any atom is -0.496 e. The van der Waals surface area contributed by atoms with Gasteiger partial charge in [0.05, 0.1) is 26.2 Å². The largest absolute Gasteiger partial charge is 0.496 e. The van der Waals surface area contributed by atoms with Crippen molar-refractivity contribution in [2.45, 2.75) is 57.9 Å². The fourth-order valence-corrected chi connectivity index (χ4v) is 5.14. The van der Waals surface area contributed by atoms with Gasteiger partial charge in [-0.05, 0) is 43.7 Å². The van der Waals surface area contributed by atoms with Crippen LogP contribution in [0.3, 0.4) is 0 Å². The van der Waals surface area contributed by atoms with E-state index in [9.17, 15) is 14.4 Å². The summed E-state index contributed by atoms with van der Waals surface area (Å²) >= 11 is 0. The Morgan fingerprint density at radius 2 is 1.76 bits per heavy atom. The molecule has 1 atom stereocenters. The molecule has 8 nitrogen and oxygen atoms in total. The monoisotopic (exact) mass is 473 g/mol. The van der Waals surface area contributed by atoms with Crippen molar-refractivity contribution in [2.75, 3.05) is 46.4 Å². The molecule has 1 heterocycles. The van der Waals surface area contributed by atoms with Crippen molar-refractivity contribution in [1.82, 2.24) is 15.1 Å². The van der Waals surface area contributed by atoms with Crippen LogP contribution in [0.4, 0.5) is 0 Å². The van der Waals surface area contributed by atoms with Crippen molar-refractivity contribution >= 4 is 17.8 Å². The maximum atomic E-state index is 13.3. The second-order valence-electron chi connectivity index (χ2n) is 9.06. The van der Waals surface area contributed by atoms with E-state index < -0.39 is 0 Å². The maximum absolute atomic E-state index is 13.3. The van der Waals surface area contributed by atoms with Crippen LogP contribution in [0, 0.1) is 5.92 Å². The smallest absolute Gasteiger partial charge is 0.306 e. The zero-order valence-corrected chi connectivity index (χ0v) is 20.6. The molecule has 0 radical (unpaired) electrons. The first-order valence-corrected chi connectivity index (χ1v) is 12.6. The van der Waals surface area contributed by atoms with E-state index in [0.717, 1.165) is 30.6 Å². The van der Waals surface area contributed by atoms with E-state index in [0.29, 0.717) is 45.2 Å². The number of hydrogen-bond donors (Lipinski definition) is 1. The molecule has 2 aliphatic rings. The van der Waals surface area contributed by atoms with E-state index >= 15 is 0 Å². The van der Waals surface area contributed by atoms with Gasteiger partial charge in [0.2, 0.25) is 11.8 Å². The van der Waals surface area contributed by atoms with Gasteiger partial charge in [0.1, 0.15) is 5.75 Å². The summed E-state index contributed by atoms with van der Waals surface area (Å²) < 4.78 is 10.3. The molecule has 34 heavy (non-hydrogen) atoms. The Hall–Kier alpha value is -2.61. The topological polar surface area (TPSA) is 88.2 Å². The van der Waals surface area contributed by atoms with Crippen LogP contribution < -0.4 is 10.1 Å². The Balaban J connectivity index is 1.52. The fourth-order valence-electron chi connectivity index (χ4n) is 5.14. The van der Waals surface area contributed by atoms with Gasteiger partial charge in [-0.15, -0.1) is 0 Å². The third-order valence-corrected chi connectivity index (χ3v) is 6.91. The second kappa shape index (κ2) is 13.3. The van der Waals surface area contributed by atoms with E-state index in [1.807, 2.05) is 24.3 Å². The number of nitrogens with one attached hydrogen (secondary N) is 1. The van der Waals surface area contributed by atoms with E-state index in [2.05, 4.69) is 10.2 Å². The Kier molecular flexibility index (Phi) is 10.2. The van der Waals surface area contributed by atoms with Crippen molar-refractivity contribution in [3.05, 3.63) is 29.8 Å². The van der Waals surface area contributed by atoms with E-state index in [-0.39, 0.29) is 36.7 Å². The summed E-state index contributed by atoms with van der Waals surface area (Å²) in [4.78, 5) is 41.4. The molecule has 1 aliphatic heterocycles. The number of hydrogen-bond acceptors (Lipinski definition) is 6. The molecule has 1 aromatic carbocycles. The van der Waals surface area contributed by atoms with Crippen LogP contribution in [0.1, 0.15) is 51.0 Å². The number of amides is 2. The van der Waals surface area contributed by atoms with Gasteiger partial charge in [0, 0.05) is 39.1 Å². The number of rotatable bonds is 11. The summed E-state index contributed by atoms with van der Waals surface area (Å²) in [5.41, 5.74) is 1.08. The van der Waals surface area contributed by atoms with Crippen molar-refractivity contribution in [3.63, 3.8) is 0 Å². The molecule has 0 bridgehead atoms. The van der Waals surface area contributed by atoms with Crippen LogP contribution in [0.15, 0.2) is 24.3 Å². The van der Waals surface area contributed by atoms with Crippen LogP contribution in [0.25, 0.3) is 0 Å². The summed E-state index contributed by atoms with van der Waals surface area (Å²) in [5.74, 6) is 0.931. The SMILES string of the molecule is CCOC(=O)CCC(=O)N1CCN(C(C(=O)NCCc2ccccc2OC)C2CCCC2)CC1. The van der Waals surface area contributed by atoms with Gasteiger partial charge in [-0.25, -0.2) is 0 Å². The van der Waals surface area contributed by atoms with Crippen LogP contribution >= 0.6 is 0 Å². The molecule has 1 unspecified atom stereocenters. The number of methoxy groups -OCH3 is 1. The number of benzene rings is 1. The number of para-hydroxylation sites is 1. The first-order chi connectivity index (χ1) is 16.5. The van der Waals surface area contributed by atoms with E-state index in [1.165, 1.54) is 12.8 Å². The van der Waals surface area contributed by atoms with Gasteiger partial charge < -0.3 is 19.7 Å². The first kappa shape index (κ1) is 26.0. The summed E-state index contributed by atoms with van der Waals surface area (Å²) in [6, 6.07) is 7.73. The molecule has 2 fully saturated rings. The highest BCUT2D eigenvalue weighted by molar-refractivity contribution is 5.83. The Morgan fingerprint density at radius 3 is 2.44 bits per heavy atom. The minimum absolute atomic E-state index is 0.0219. The van der Waals surface area contributed by atoms with Crippen LogP contribution in [-0.4, -0.2) is 80.1 Å². The number of carbonyl (C=O) groups excluding carboxylic acids is 3. The zero-order valence-electron chi connectivity index (χ0n) is 20.6. The van der Waals surface area contributed by atoms with E-state index in [4.69, 9.17) is 9.47 Å². The number of ether oxygens (including phenoxy) is 2. The lowest BCUT2D eigenvalue weighted by molar-refractivity contribution is -0.146. The molecule has 1 aromatic rings. The summed E-state index contributed by atoms with van der Waals surface area (Å²) in [6.45, 7) is 5.16. The van der Waals surface area contributed by atoms with Gasteiger partial charge in [-0.1, -0.05) is 31.0 Å². The predicted molar refractivity (Wildman–Crippen MR) is 129 cm³/mol. The average molecular weight is 474 g/mol. The molecular weight excluding hydrogens is 434 g/mol. The van der Waals surface area contributed by atoms with Crippen LogP contribution in [0.2, 0.25) is 0 Å². The highest BCUT2D eigenvalue weighted by atomic mass is 16.5. The molecular formula is C26H39N3O5. The second-order valence-corrected chi connectivity index (χ2v) is 9.06. The molecule has 0 aromatic heterocycles. The molecule has 3 rings (SSSR count). The van der Waals surface area contributed by atoms with Crippen molar-refractivity contribution in [1.29, 1.82) is 0 Å². The number of carbonyl (C=O) groups is 3. The van der Waals surface area contributed by atoms with Crippen molar-refractivity contribution in [3.8, 4) is 5.75 Å². The lowest BCUT2D eigenvalue weighted by Crippen LogP contribution is -2.58. The summed E-state index contributed by atoms with van der Waals surface area (Å²) in [7, 11) is 1.66. The van der Waals surface area contributed by atoms with Crippen molar-refractivity contribution in [2.24, 2.45) is 5.92 Å². The average Bonchev–Trinajstić information content (AvgIpc) is 3.38. The minimum atomic E-state index is -0.333. The van der Waals surface area contributed by atoms with Gasteiger partial charge in [0.15, 0.2) is 0 Å². The third kappa shape index (κ3) is 7.19. The number of esters is 1. The first-order valence-electron chi connectivity index (χ1n) is 12.6. The van der Waals surface area contributed by atoms with E-state index in [1.54, 1.807) is 18.9 Å². The van der Waals surface area contributed by atoms with Gasteiger partial charge >= 0.3 is 5.97 Å². The molecule has 188 valence electrons. The van der Waals surface area contributed by atoms with Gasteiger partial charge in [-0.3, -0.25) is 19.3 Å².